The highest BCUT2D eigenvalue weighted by molar-refractivity contribution is 6.39. The van der Waals surface area contributed by atoms with Gasteiger partial charge in [-0.1, -0.05) is 59.6 Å². The van der Waals surface area contributed by atoms with Crippen molar-refractivity contribution in [1.82, 2.24) is 5.32 Å². The third kappa shape index (κ3) is 4.67. The molecule has 6 nitrogen and oxygen atoms in total. The fourth-order valence-corrected chi connectivity index (χ4v) is 3.58. The van der Waals surface area contributed by atoms with E-state index in [1.807, 2.05) is 0 Å². The van der Waals surface area contributed by atoms with Crippen LogP contribution in [0.5, 0.6) is 11.5 Å². The van der Waals surface area contributed by atoms with Crippen molar-refractivity contribution in [2.24, 2.45) is 0 Å². The zero-order valence-corrected chi connectivity index (χ0v) is 17.0. The maximum Gasteiger partial charge on any atom is 0.326 e. The molecule has 0 spiro atoms. The van der Waals surface area contributed by atoms with E-state index in [1.54, 1.807) is 30.3 Å². The Balaban J connectivity index is 1.79. The van der Waals surface area contributed by atoms with Crippen LogP contribution in [-0.4, -0.2) is 33.2 Å². The highest BCUT2D eigenvalue weighted by atomic mass is 35.5. The number of amides is 1. The van der Waals surface area contributed by atoms with Crippen LogP contribution in [0.15, 0.2) is 60.7 Å². The van der Waals surface area contributed by atoms with Gasteiger partial charge >= 0.3 is 5.97 Å². The molecule has 3 aromatic carbocycles. The number of aliphatic carboxylic acids is 1. The Kier molecular flexibility index (Phi) is 6.50. The average Bonchev–Trinajstić information content (AvgIpc) is 2.68. The van der Waals surface area contributed by atoms with E-state index < -0.39 is 17.9 Å². The van der Waals surface area contributed by atoms with Gasteiger partial charge in [0.25, 0.3) is 5.91 Å². The van der Waals surface area contributed by atoms with Gasteiger partial charge in [-0.3, -0.25) is 4.79 Å². The van der Waals surface area contributed by atoms with Crippen LogP contribution in [0.25, 0.3) is 11.1 Å². The smallest absolute Gasteiger partial charge is 0.326 e. The number of halogens is 2. The van der Waals surface area contributed by atoms with Gasteiger partial charge in [0.1, 0.15) is 17.5 Å². The molecule has 0 saturated carbocycles. The monoisotopic (exact) mass is 445 g/mol. The van der Waals surface area contributed by atoms with Crippen LogP contribution in [-0.2, 0) is 11.2 Å². The third-order valence-electron chi connectivity index (χ3n) is 4.50. The van der Waals surface area contributed by atoms with E-state index in [-0.39, 0.29) is 39.1 Å². The first-order valence-corrected chi connectivity index (χ1v) is 9.61. The Morgan fingerprint density at radius 2 is 1.40 bits per heavy atom. The van der Waals surface area contributed by atoms with Crippen molar-refractivity contribution in [2.75, 3.05) is 0 Å². The summed E-state index contributed by atoms with van der Waals surface area (Å²) in [5.41, 5.74) is 1.48. The molecule has 0 saturated heterocycles. The van der Waals surface area contributed by atoms with Gasteiger partial charge in [-0.2, -0.15) is 0 Å². The van der Waals surface area contributed by atoms with Crippen molar-refractivity contribution >= 4 is 35.1 Å². The lowest BCUT2D eigenvalue weighted by Gasteiger charge is -2.16. The molecule has 0 aliphatic carbocycles. The van der Waals surface area contributed by atoms with Crippen molar-refractivity contribution in [3.8, 4) is 22.6 Å². The second-order valence-electron chi connectivity index (χ2n) is 6.53. The normalized spacial score (nSPS) is 11.7. The van der Waals surface area contributed by atoms with E-state index in [4.69, 9.17) is 23.2 Å². The molecule has 0 radical (unpaired) electrons. The highest BCUT2D eigenvalue weighted by Gasteiger charge is 2.24. The number of carboxylic acid groups (broad SMARTS) is 1. The Labute approximate surface area is 182 Å². The molecule has 0 aliphatic rings. The van der Waals surface area contributed by atoms with Gasteiger partial charge < -0.3 is 20.6 Å². The standard InChI is InChI=1S/C22H17Cl2NO5/c23-14-3-1-4-15(24)20(14)21(28)25-16(22(29)30)11-12-7-9-13(10-8-12)19-17(26)5-2-6-18(19)27/h1-10,16,26-27H,11H2,(H,25,28)(H,29,30)/t16-/m0/s1. The maximum absolute atomic E-state index is 12.5. The first-order valence-electron chi connectivity index (χ1n) is 8.86. The average molecular weight is 446 g/mol. The molecule has 30 heavy (non-hydrogen) atoms. The Morgan fingerprint density at radius 3 is 1.93 bits per heavy atom. The number of rotatable bonds is 6. The van der Waals surface area contributed by atoms with Gasteiger partial charge in [0.2, 0.25) is 0 Å². The van der Waals surface area contributed by atoms with Gasteiger partial charge in [-0.05, 0) is 35.4 Å². The van der Waals surface area contributed by atoms with E-state index in [0.717, 1.165) is 0 Å². The minimum atomic E-state index is -1.21. The number of hydrogen-bond donors (Lipinski definition) is 4. The summed E-state index contributed by atoms with van der Waals surface area (Å²) in [6, 6.07) is 14.4. The predicted octanol–water partition coefficient (Wildman–Crippen LogP) is 4.50. The van der Waals surface area contributed by atoms with Crippen LogP contribution < -0.4 is 5.32 Å². The minimum Gasteiger partial charge on any atom is -0.507 e. The summed E-state index contributed by atoms with van der Waals surface area (Å²) in [5.74, 6) is -2.05. The molecule has 1 amide bonds. The number of carboxylic acids is 1. The molecule has 0 bridgehead atoms. The summed E-state index contributed by atoms with van der Waals surface area (Å²) >= 11 is 12.0. The van der Waals surface area contributed by atoms with Crippen molar-refractivity contribution in [1.29, 1.82) is 0 Å². The van der Waals surface area contributed by atoms with Crippen LogP contribution in [0.4, 0.5) is 0 Å². The number of carbonyl (C=O) groups is 2. The summed E-state index contributed by atoms with van der Waals surface area (Å²) in [7, 11) is 0. The molecule has 8 heteroatoms. The Bertz CT molecular complexity index is 1060. The van der Waals surface area contributed by atoms with Crippen molar-refractivity contribution < 1.29 is 24.9 Å². The fraction of sp³-hybridized carbons (Fsp3) is 0.0909. The van der Waals surface area contributed by atoms with Gasteiger partial charge in [0.15, 0.2) is 0 Å². The van der Waals surface area contributed by atoms with E-state index in [2.05, 4.69) is 5.32 Å². The third-order valence-corrected chi connectivity index (χ3v) is 5.13. The van der Waals surface area contributed by atoms with E-state index >= 15 is 0 Å². The second-order valence-corrected chi connectivity index (χ2v) is 7.35. The maximum atomic E-state index is 12.5. The van der Waals surface area contributed by atoms with Crippen LogP contribution in [0.1, 0.15) is 15.9 Å². The number of aromatic hydroxyl groups is 2. The number of hydrogen-bond acceptors (Lipinski definition) is 4. The molecule has 4 N–H and O–H groups in total. The van der Waals surface area contributed by atoms with Gasteiger partial charge in [0.05, 0.1) is 21.2 Å². The number of carbonyl (C=O) groups excluding carboxylic acids is 1. The van der Waals surface area contributed by atoms with Crippen molar-refractivity contribution in [3.05, 3.63) is 81.8 Å². The molecule has 0 unspecified atom stereocenters. The number of nitrogens with one attached hydrogen (secondary N) is 1. The van der Waals surface area contributed by atoms with Gasteiger partial charge in [-0.15, -0.1) is 0 Å². The molecular formula is C22H17Cl2NO5. The summed E-state index contributed by atoms with van der Waals surface area (Å²) in [5, 5.41) is 32.2. The minimum absolute atomic E-state index is 0.0101. The van der Waals surface area contributed by atoms with Crippen LogP contribution >= 0.6 is 23.2 Å². The summed E-state index contributed by atoms with van der Waals surface area (Å²) in [6.45, 7) is 0. The predicted molar refractivity (Wildman–Crippen MR) is 114 cm³/mol. The zero-order valence-electron chi connectivity index (χ0n) is 15.5. The van der Waals surface area contributed by atoms with Crippen molar-refractivity contribution in [2.45, 2.75) is 12.5 Å². The zero-order chi connectivity index (χ0) is 21.8. The summed E-state index contributed by atoms with van der Waals surface area (Å²) in [6.07, 6.45) is 0.0101. The first kappa shape index (κ1) is 21.5. The SMILES string of the molecule is O=C(N[C@@H](Cc1ccc(-c2c(O)cccc2O)cc1)C(=O)O)c1c(Cl)cccc1Cl. The fourth-order valence-electron chi connectivity index (χ4n) is 3.01. The topological polar surface area (TPSA) is 107 Å². The highest BCUT2D eigenvalue weighted by Crippen LogP contribution is 2.36. The number of benzene rings is 3. The molecule has 0 aliphatic heterocycles. The lowest BCUT2D eigenvalue weighted by Crippen LogP contribution is -2.42. The quantitative estimate of drug-likeness (QED) is 0.446. The van der Waals surface area contributed by atoms with Crippen LogP contribution in [0, 0.1) is 0 Å². The van der Waals surface area contributed by atoms with E-state index in [9.17, 15) is 24.9 Å². The first-order chi connectivity index (χ1) is 14.3. The molecule has 0 aromatic heterocycles. The molecule has 0 heterocycles. The largest absolute Gasteiger partial charge is 0.507 e. The van der Waals surface area contributed by atoms with Crippen LogP contribution in [0.3, 0.4) is 0 Å². The molecule has 1 atom stereocenters. The van der Waals surface area contributed by atoms with Crippen molar-refractivity contribution in [3.63, 3.8) is 0 Å². The van der Waals surface area contributed by atoms with Gasteiger partial charge in [-0.25, -0.2) is 4.79 Å². The summed E-state index contributed by atoms with van der Waals surface area (Å²) < 4.78 is 0. The second kappa shape index (κ2) is 9.07. The molecule has 3 rings (SSSR count). The lowest BCUT2D eigenvalue weighted by atomic mass is 9.99. The molecule has 0 fully saturated rings. The summed E-state index contributed by atoms with van der Waals surface area (Å²) in [4.78, 5) is 24.2. The number of phenols is 2. The Hall–Kier alpha value is -3.22. The van der Waals surface area contributed by atoms with Gasteiger partial charge in [0, 0.05) is 6.42 Å². The lowest BCUT2D eigenvalue weighted by molar-refractivity contribution is -0.139. The molecular weight excluding hydrogens is 429 g/mol. The number of phenolic OH excluding ortho intramolecular Hbond substituents is 2. The van der Waals surface area contributed by atoms with E-state index in [0.29, 0.717) is 11.1 Å². The molecule has 154 valence electrons. The molecule has 3 aromatic rings. The Morgan fingerprint density at radius 1 is 0.867 bits per heavy atom. The van der Waals surface area contributed by atoms with E-state index in [1.165, 1.54) is 30.3 Å². The van der Waals surface area contributed by atoms with Crippen LogP contribution in [0.2, 0.25) is 10.0 Å².